The number of hydrogen-bond donors (Lipinski definition) is 1. The smallest absolute Gasteiger partial charge is 0.258 e. The highest BCUT2D eigenvalue weighted by atomic mass is 16.5. The first-order valence-electron chi connectivity index (χ1n) is 6.02. The third kappa shape index (κ3) is 4.47. The first-order valence-corrected chi connectivity index (χ1v) is 6.02. The van der Waals surface area contributed by atoms with Crippen LogP contribution in [0.3, 0.4) is 0 Å². The second-order valence-electron chi connectivity index (χ2n) is 4.41. The Balaban J connectivity index is 2.45. The third-order valence-corrected chi connectivity index (χ3v) is 2.87. The maximum absolute atomic E-state index is 11.5. The molecule has 0 fully saturated rings. The van der Waals surface area contributed by atoms with Crippen LogP contribution in [0, 0.1) is 13.8 Å². The Bertz CT molecular complexity index is 388. The summed E-state index contributed by atoms with van der Waals surface area (Å²) in [5, 5.41) is 2.86. The molecule has 0 aliphatic rings. The highest BCUT2D eigenvalue weighted by molar-refractivity contribution is 5.77. The van der Waals surface area contributed by atoms with E-state index in [1.165, 1.54) is 11.1 Å². The van der Waals surface area contributed by atoms with E-state index in [2.05, 4.69) is 12.2 Å². The number of aryl methyl sites for hydroxylation is 2. The van der Waals surface area contributed by atoms with Crippen LogP contribution >= 0.6 is 0 Å². The van der Waals surface area contributed by atoms with Crippen LogP contribution in [0.2, 0.25) is 0 Å². The van der Waals surface area contributed by atoms with Crippen LogP contribution in [-0.4, -0.2) is 18.6 Å². The zero-order valence-corrected chi connectivity index (χ0v) is 11.0. The molecule has 1 rings (SSSR count). The summed E-state index contributed by atoms with van der Waals surface area (Å²) < 4.78 is 5.44. The highest BCUT2D eigenvalue weighted by Crippen LogP contribution is 2.16. The van der Waals surface area contributed by atoms with Crippen molar-refractivity contribution in [2.24, 2.45) is 0 Å². The van der Waals surface area contributed by atoms with Crippen molar-refractivity contribution in [2.45, 2.75) is 40.2 Å². The van der Waals surface area contributed by atoms with E-state index in [0.717, 1.165) is 12.2 Å². The number of carbonyl (C=O) groups is 1. The van der Waals surface area contributed by atoms with Gasteiger partial charge in [-0.15, -0.1) is 0 Å². The molecule has 1 N–H and O–H groups in total. The molecular formula is C14H21NO2. The van der Waals surface area contributed by atoms with E-state index in [9.17, 15) is 4.79 Å². The van der Waals surface area contributed by atoms with E-state index in [1.54, 1.807) is 0 Å². The molecule has 1 atom stereocenters. The van der Waals surface area contributed by atoms with Crippen molar-refractivity contribution in [2.75, 3.05) is 6.61 Å². The van der Waals surface area contributed by atoms with Crippen molar-refractivity contribution in [3.63, 3.8) is 0 Å². The Morgan fingerprint density at radius 3 is 2.65 bits per heavy atom. The molecule has 94 valence electrons. The lowest BCUT2D eigenvalue weighted by atomic mass is 10.1. The van der Waals surface area contributed by atoms with Gasteiger partial charge >= 0.3 is 0 Å². The standard InChI is InChI=1S/C14H21NO2/c1-5-12(4)15-14(16)9-17-13-7-6-10(2)11(3)8-13/h6-8,12H,5,9H2,1-4H3,(H,15,16)/t12-/m0/s1. The average molecular weight is 235 g/mol. The molecule has 0 aliphatic carbocycles. The van der Waals surface area contributed by atoms with Gasteiger partial charge in [-0.25, -0.2) is 0 Å². The number of hydrogen-bond acceptors (Lipinski definition) is 2. The van der Waals surface area contributed by atoms with Gasteiger partial charge in [0.15, 0.2) is 6.61 Å². The maximum atomic E-state index is 11.5. The third-order valence-electron chi connectivity index (χ3n) is 2.87. The molecule has 1 aromatic carbocycles. The lowest BCUT2D eigenvalue weighted by molar-refractivity contribution is -0.123. The fourth-order valence-corrected chi connectivity index (χ4v) is 1.37. The lowest BCUT2D eigenvalue weighted by Gasteiger charge is -2.12. The van der Waals surface area contributed by atoms with Crippen molar-refractivity contribution >= 4 is 5.91 Å². The predicted molar refractivity (Wildman–Crippen MR) is 69.3 cm³/mol. The van der Waals surface area contributed by atoms with E-state index in [4.69, 9.17) is 4.74 Å². The highest BCUT2D eigenvalue weighted by Gasteiger charge is 2.06. The van der Waals surface area contributed by atoms with Crippen molar-refractivity contribution in [1.82, 2.24) is 5.32 Å². The Kier molecular flexibility index (Phi) is 5.01. The molecular weight excluding hydrogens is 214 g/mol. The number of carbonyl (C=O) groups excluding carboxylic acids is 1. The molecule has 3 nitrogen and oxygen atoms in total. The van der Waals surface area contributed by atoms with Gasteiger partial charge in [-0.3, -0.25) is 4.79 Å². The zero-order valence-electron chi connectivity index (χ0n) is 11.0. The molecule has 3 heteroatoms. The number of benzene rings is 1. The van der Waals surface area contributed by atoms with E-state index in [-0.39, 0.29) is 18.6 Å². The van der Waals surface area contributed by atoms with Crippen molar-refractivity contribution < 1.29 is 9.53 Å². The SMILES string of the molecule is CC[C@H](C)NC(=O)COc1ccc(C)c(C)c1. The summed E-state index contributed by atoms with van der Waals surface area (Å²) >= 11 is 0. The van der Waals surface area contributed by atoms with Crippen molar-refractivity contribution in [3.8, 4) is 5.75 Å². The van der Waals surface area contributed by atoms with Crippen LogP contribution in [0.1, 0.15) is 31.4 Å². The van der Waals surface area contributed by atoms with Crippen molar-refractivity contribution in [3.05, 3.63) is 29.3 Å². The second kappa shape index (κ2) is 6.28. The molecule has 1 amide bonds. The second-order valence-corrected chi connectivity index (χ2v) is 4.41. The molecule has 0 spiro atoms. The lowest BCUT2D eigenvalue weighted by Crippen LogP contribution is -2.35. The van der Waals surface area contributed by atoms with Crippen LogP contribution in [0.25, 0.3) is 0 Å². The summed E-state index contributed by atoms with van der Waals surface area (Å²) in [4.78, 5) is 11.5. The van der Waals surface area contributed by atoms with Crippen LogP contribution in [0.15, 0.2) is 18.2 Å². The van der Waals surface area contributed by atoms with Crippen LogP contribution in [0.5, 0.6) is 5.75 Å². The largest absolute Gasteiger partial charge is 0.484 e. The molecule has 1 aromatic rings. The van der Waals surface area contributed by atoms with Crippen LogP contribution < -0.4 is 10.1 Å². The van der Waals surface area contributed by atoms with E-state index in [0.29, 0.717) is 0 Å². The van der Waals surface area contributed by atoms with Gasteiger partial charge in [0, 0.05) is 6.04 Å². The van der Waals surface area contributed by atoms with E-state index in [1.807, 2.05) is 39.0 Å². The number of amides is 1. The van der Waals surface area contributed by atoms with Gasteiger partial charge in [0.25, 0.3) is 5.91 Å². The fraction of sp³-hybridized carbons (Fsp3) is 0.500. The Hall–Kier alpha value is -1.51. The minimum Gasteiger partial charge on any atom is -0.484 e. The Morgan fingerprint density at radius 1 is 1.35 bits per heavy atom. The number of ether oxygens (including phenoxy) is 1. The van der Waals surface area contributed by atoms with E-state index >= 15 is 0 Å². The molecule has 0 saturated heterocycles. The fourth-order valence-electron chi connectivity index (χ4n) is 1.37. The van der Waals surface area contributed by atoms with Gasteiger partial charge in [0.2, 0.25) is 0 Å². The number of rotatable bonds is 5. The Labute approximate surface area is 103 Å². The molecule has 0 radical (unpaired) electrons. The molecule has 0 aliphatic heterocycles. The quantitative estimate of drug-likeness (QED) is 0.852. The first-order chi connectivity index (χ1) is 8.02. The zero-order chi connectivity index (χ0) is 12.8. The minimum atomic E-state index is -0.0717. The van der Waals surface area contributed by atoms with E-state index < -0.39 is 0 Å². The average Bonchev–Trinajstić information content (AvgIpc) is 2.30. The molecule has 0 heterocycles. The Morgan fingerprint density at radius 2 is 2.06 bits per heavy atom. The van der Waals surface area contributed by atoms with Crippen LogP contribution in [0.4, 0.5) is 0 Å². The normalized spacial score (nSPS) is 12.0. The summed E-state index contributed by atoms with van der Waals surface area (Å²) in [6.07, 6.45) is 0.926. The summed E-state index contributed by atoms with van der Waals surface area (Å²) in [6, 6.07) is 6.04. The maximum Gasteiger partial charge on any atom is 0.258 e. The van der Waals surface area contributed by atoms with Crippen molar-refractivity contribution in [1.29, 1.82) is 0 Å². The number of nitrogens with one attached hydrogen (secondary N) is 1. The first kappa shape index (κ1) is 13.6. The van der Waals surface area contributed by atoms with Gasteiger partial charge in [-0.05, 0) is 50.5 Å². The van der Waals surface area contributed by atoms with Gasteiger partial charge in [0.1, 0.15) is 5.75 Å². The summed E-state index contributed by atoms with van der Waals surface area (Å²) in [6.45, 7) is 8.17. The summed E-state index contributed by atoms with van der Waals surface area (Å²) in [5.74, 6) is 0.671. The van der Waals surface area contributed by atoms with Crippen LogP contribution in [-0.2, 0) is 4.79 Å². The molecule has 0 saturated carbocycles. The van der Waals surface area contributed by atoms with Gasteiger partial charge in [-0.2, -0.15) is 0 Å². The van der Waals surface area contributed by atoms with Gasteiger partial charge < -0.3 is 10.1 Å². The predicted octanol–water partition coefficient (Wildman–Crippen LogP) is 2.60. The monoisotopic (exact) mass is 235 g/mol. The molecule has 0 bridgehead atoms. The summed E-state index contributed by atoms with van der Waals surface area (Å²) in [7, 11) is 0. The van der Waals surface area contributed by atoms with Gasteiger partial charge in [-0.1, -0.05) is 13.0 Å². The summed E-state index contributed by atoms with van der Waals surface area (Å²) in [5.41, 5.74) is 2.39. The molecule has 0 aromatic heterocycles. The van der Waals surface area contributed by atoms with Gasteiger partial charge in [0.05, 0.1) is 0 Å². The topological polar surface area (TPSA) is 38.3 Å². The molecule has 17 heavy (non-hydrogen) atoms. The molecule has 0 unspecified atom stereocenters. The minimum absolute atomic E-state index is 0.0717.